The number of anilines is 1. The van der Waals surface area contributed by atoms with Crippen molar-refractivity contribution in [2.45, 2.75) is 51.8 Å². The number of hydrogen-bond donors (Lipinski definition) is 0. The van der Waals surface area contributed by atoms with Crippen molar-refractivity contribution >= 4 is 17.6 Å². The van der Waals surface area contributed by atoms with E-state index >= 15 is 0 Å². The van der Waals surface area contributed by atoms with Crippen LogP contribution in [0, 0.1) is 17.3 Å². The highest BCUT2D eigenvalue weighted by molar-refractivity contribution is 5.79. The van der Waals surface area contributed by atoms with E-state index in [1.807, 2.05) is 0 Å². The lowest BCUT2D eigenvalue weighted by atomic mass is 9.79. The lowest BCUT2D eigenvalue weighted by molar-refractivity contribution is -0.189. The molecule has 0 aliphatic carbocycles. The van der Waals surface area contributed by atoms with Gasteiger partial charge in [-0.25, -0.2) is 4.79 Å². The van der Waals surface area contributed by atoms with E-state index in [1.165, 1.54) is 12.1 Å². The Morgan fingerprint density at radius 1 is 1.09 bits per heavy atom. The van der Waals surface area contributed by atoms with Crippen molar-refractivity contribution in [1.29, 1.82) is 0 Å². The molecule has 0 saturated carbocycles. The molecule has 1 aromatic rings. The van der Waals surface area contributed by atoms with Crippen molar-refractivity contribution in [3.63, 3.8) is 0 Å². The lowest BCUT2D eigenvalue weighted by Gasteiger charge is -2.24. The third kappa shape index (κ3) is 4.98. The highest BCUT2D eigenvalue weighted by atomic mass is 19.4. The molecule has 3 heterocycles. The summed E-state index contributed by atoms with van der Waals surface area (Å²) >= 11 is 0. The van der Waals surface area contributed by atoms with Crippen LogP contribution in [-0.4, -0.2) is 61.8 Å². The fourth-order valence-corrected chi connectivity index (χ4v) is 5.53. The maximum atomic E-state index is 12.3. The first-order chi connectivity index (χ1) is 15.6. The lowest BCUT2D eigenvalue weighted by Crippen LogP contribution is -2.31. The van der Waals surface area contributed by atoms with Gasteiger partial charge in [0.2, 0.25) is 0 Å². The molecule has 3 unspecified atom stereocenters. The molecule has 0 spiro atoms. The quantitative estimate of drug-likeness (QED) is 0.445. The predicted octanol–water partition coefficient (Wildman–Crippen LogP) is 4.03. The summed E-state index contributed by atoms with van der Waals surface area (Å²) < 4.78 is 47.1. The van der Waals surface area contributed by atoms with Gasteiger partial charge in [0, 0.05) is 44.8 Å². The molecule has 0 N–H and O–H groups in total. The van der Waals surface area contributed by atoms with Crippen LogP contribution in [0.3, 0.4) is 0 Å². The van der Waals surface area contributed by atoms with E-state index in [2.05, 4.69) is 28.4 Å². The highest BCUT2D eigenvalue weighted by Crippen LogP contribution is 2.41. The number of rotatable bonds is 7. The average molecular weight is 469 g/mol. The first-order valence-corrected chi connectivity index (χ1v) is 11.7. The molecular weight excluding hydrogens is 437 g/mol. The Kier molecular flexibility index (Phi) is 6.62. The monoisotopic (exact) mass is 468 g/mol. The second-order valence-electron chi connectivity index (χ2n) is 9.57. The zero-order chi connectivity index (χ0) is 23.8. The molecule has 1 aromatic carbocycles. The molecule has 9 heteroatoms. The number of carbonyl (C=O) groups is 2. The van der Waals surface area contributed by atoms with Gasteiger partial charge in [-0.15, -0.1) is 0 Å². The molecular formula is C24H31F3N2O4. The third-order valence-electron chi connectivity index (χ3n) is 7.65. The van der Waals surface area contributed by atoms with Crippen LogP contribution in [-0.2, 0) is 14.3 Å². The second-order valence-corrected chi connectivity index (χ2v) is 9.57. The SMILES string of the molecule is CCC1(CC)CC(CCN2CC3CN(c4ccc(OC(=O)C(F)(F)F)cc4)CC3C2)OC1=O. The summed E-state index contributed by atoms with van der Waals surface area (Å²) in [6, 6.07) is 6.18. The van der Waals surface area contributed by atoms with E-state index in [0.717, 1.165) is 64.1 Å². The summed E-state index contributed by atoms with van der Waals surface area (Å²) in [5, 5.41) is 0. The maximum Gasteiger partial charge on any atom is 0.491 e. The zero-order valence-electron chi connectivity index (χ0n) is 19.1. The van der Waals surface area contributed by atoms with Crippen molar-refractivity contribution in [1.82, 2.24) is 4.90 Å². The van der Waals surface area contributed by atoms with Gasteiger partial charge in [-0.2, -0.15) is 13.2 Å². The summed E-state index contributed by atoms with van der Waals surface area (Å²) in [5.74, 6) is -1.30. The van der Waals surface area contributed by atoms with E-state index < -0.39 is 12.1 Å². The molecule has 3 aliphatic heterocycles. The fraction of sp³-hybridized carbons (Fsp3) is 0.667. The first-order valence-electron chi connectivity index (χ1n) is 11.7. The van der Waals surface area contributed by atoms with Crippen LogP contribution in [0.2, 0.25) is 0 Å². The van der Waals surface area contributed by atoms with Gasteiger partial charge in [0.15, 0.2) is 0 Å². The topological polar surface area (TPSA) is 59.1 Å². The fourth-order valence-electron chi connectivity index (χ4n) is 5.53. The van der Waals surface area contributed by atoms with Crippen LogP contribution in [0.4, 0.5) is 18.9 Å². The first kappa shape index (κ1) is 23.9. The normalized spacial score (nSPS) is 27.0. The summed E-state index contributed by atoms with van der Waals surface area (Å²) in [5.41, 5.74) is 0.615. The van der Waals surface area contributed by atoms with Crippen molar-refractivity contribution in [2.75, 3.05) is 37.6 Å². The molecule has 0 amide bonds. The van der Waals surface area contributed by atoms with Crippen LogP contribution in [0.1, 0.15) is 39.5 Å². The van der Waals surface area contributed by atoms with Gasteiger partial charge in [0.1, 0.15) is 11.9 Å². The number of likely N-dealkylation sites (tertiary alicyclic amines) is 1. The van der Waals surface area contributed by atoms with Crippen molar-refractivity contribution in [3.05, 3.63) is 24.3 Å². The molecule has 0 bridgehead atoms. The predicted molar refractivity (Wildman–Crippen MR) is 116 cm³/mol. The molecule has 182 valence electrons. The number of cyclic esters (lactones) is 1. The van der Waals surface area contributed by atoms with Gasteiger partial charge in [0.05, 0.1) is 5.41 Å². The van der Waals surface area contributed by atoms with E-state index in [-0.39, 0.29) is 23.2 Å². The number of esters is 2. The largest absolute Gasteiger partial charge is 0.491 e. The minimum absolute atomic E-state index is 0.0132. The van der Waals surface area contributed by atoms with E-state index in [4.69, 9.17) is 4.74 Å². The number of halogens is 3. The molecule has 3 aliphatic rings. The smallest absolute Gasteiger partial charge is 0.462 e. The Morgan fingerprint density at radius 3 is 2.21 bits per heavy atom. The van der Waals surface area contributed by atoms with Crippen LogP contribution < -0.4 is 9.64 Å². The Bertz CT molecular complexity index is 855. The minimum atomic E-state index is -5.01. The summed E-state index contributed by atoms with van der Waals surface area (Å²) in [4.78, 5) is 28.0. The van der Waals surface area contributed by atoms with Crippen LogP contribution >= 0.6 is 0 Å². The van der Waals surface area contributed by atoms with E-state index in [1.54, 1.807) is 12.1 Å². The van der Waals surface area contributed by atoms with Gasteiger partial charge in [-0.05, 0) is 55.4 Å². The molecule has 3 fully saturated rings. The Hall–Kier alpha value is -2.29. The van der Waals surface area contributed by atoms with E-state index in [9.17, 15) is 22.8 Å². The number of fused-ring (bicyclic) bond motifs is 1. The summed E-state index contributed by atoms with van der Waals surface area (Å²) in [6.07, 6.45) is -1.65. The van der Waals surface area contributed by atoms with Crippen LogP contribution in [0.15, 0.2) is 24.3 Å². The van der Waals surface area contributed by atoms with Crippen molar-refractivity contribution in [3.8, 4) is 5.75 Å². The Balaban J connectivity index is 1.24. The van der Waals surface area contributed by atoms with Gasteiger partial charge in [-0.1, -0.05) is 13.8 Å². The van der Waals surface area contributed by atoms with E-state index in [0.29, 0.717) is 11.8 Å². The van der Waals surface area contributed by atoms with Crippen molar-refractivity contribution in [2.24, 2.45) is 17.3 Å². The number of ether oxygens (including phenoxy) is 2. The number of nitrogens with zero attached hydrogens (tertiary/aromatic N) is 2. The second kappa shape index (κ2) is 9.16. The van der Waals surface area contributed by atoms with Gasteiger partial charge >= 0.3 is 18.1 Å². The highest BCUT2D eigenvalue weighted by Gasteiger charge is 2.47. The zero-order valence-corrected chi connectivity index (χ0v) is 19.1. The van der Waals surface area contributed by atoms with Gasteiger partial charge in [0.25, 0.3) is 0 Å². The minimum Gasteiger partial charge on any atom is -0.462 e. The molecule has 0 radical (unpaired) electrons. The third-order valence-corrected chi connectivity index (χ3v) is 7.65. The summed E-state index contributed by atoms with van der Waals surface area (Å²) in [7, 11) is 0. The van der Waals surface area contributed by atoms with Crippen molar-refractivity contribution < 1.29 is 32.2 Å². The maximum absolute atomic E-state index is 12.3. The molecule has 33 heavy (non-hydrogen) atoms. The number of alkyl halides is 3. The van der Waals surface area contributed by atoms with Gasteiger partial charge < -0.3 is 19.3 Å². The Labute approximate surface area is 192 Å². The average Bonchev–Trinajstić information content (AvgIpc) is 3.43. The molecule has 0 aromatic heterocycles. The molecule has 6 nitrogen and oxygen atoms in total. The van der Waals surface area contributed by atoms with Crippen LogP contribution in [0.25, 0.3) is 0 Å². The standard InChI is InChI=1S/C24H31F3N2O4/c1-3-23(4-2)11-20(33-21(23)30)9-10-28-12-16-14-29(15-17(16)13-28)18-5-7-19(8-6-18)32-22(31)24(25,26)27/h5-8,16-17,20H,3-4,9-15H2,1-2H3. The molecule has 4 rings (SSSR count). The number of benzene rings is 1. The van der Waals surface area contributed by atoms with Crippen LogP contribution in [0.5, 0.6) is 5.75 Å². The Morgan fingerprint density at radius 2 is 1.70 bits per heavy atom. The number of hydrogen-bond acceptors (Lipinski definition) is 6. The molecule has 3 saturated heterocycles. The summed E-state index contributed by atoms with van der Waals surface area (Å²) in [6.45, 7) is 8.80. The van der Waals surface area contributed by atoms with Gasteiger partial charge in [-0.3, -0.25) is 4.79 Å². The molecule has 3 atom stereocenters. The number of carbonyl (C=O) groups excluding carboxylic acids is 2.